The first-order chi connectivity index (χ1) is 7.22. The summed E-state index contributed by atoms with van der Waals surface area (Å²) in [5.74, 6) is 4.29. The zero-order chi connectivity index (χ0) is 11.1. The average Bonchev–Trinajstić information content (AvgIpc) is 2.62. The molecule has 0 amide bonds. The minimum atomic E-state index is 0.448. The Morgan fingerprint density at radius 2 is 2.47 bits per heavy atom. The van der Waals surface area contributed by atoms with Crippen molar-refractivity contribution in [3.05, 3.63) is 23.1 Å². The van der Waals surface area contributed by atoms with Crippen LogP contribution in [0, 0.1) is 12.3 Å². The van der Waals surface area contributed by atoms with Crippen LogP contribution in [0.15, 0.2) is 16.5 Å². The molecule has 0 saturated heterocycles. The summed E-state index contributed by atoms with van der Waals surface area (Å²) in [4.78, 5) is 0. The molecule has 0 spiro atoms. The first-order valence-corrected chi connectivity index (χ1v) is 6.15. The third-order valence-corrected chi connectivity index (χ3v) is 3.19. The number of furan rings is 1. The molecule has 82 valence electrons. The van der Waals surface area contributed by atoms with Crippen LogP contribution in [-0.4, -0.2) is 18.3 Å². The van der Waals surface area contributed by atoms with Gasteiger partial charge in [-0.3, -0.25) is 0 Å². The Morgan fingerprint density at radius 3 is 3.07 bits per heavy atom. The highest BCUT2D eigenvalue weighted by molar-refractivity contribution is 7.99. The van der Waals surface area contributed by atoms with Crippen LogP contribution in [0.3, 0.4) is 0 Å². The van der Waals surface area contributed by atoms with Gasteiger partial charge in [0.25, 0.3) is 0 Å². The van der Waals surface area contributed by atoms with Gasteiger partial charge in [0.15, 0.2) is 5.22 Å². The standard InChI is InChI=1S/C11H14ClNOS/c1-3-6-13-7-9(2)15-8-10-4-5-11(12)14-10/h1,4-5,9,13H,6-8H2,2H3. The van der Waals surface area contributed by atoms with E-state index in [1.54, 1.807) is 6.07 Å². The normalized spacial score (nSPS) is 12.3. The lowest BCUT2D eigenvalue weighted by Gasteiger charge is -2.09. The Kier molecular flexibility index (Phi) is 5.70. The predicted octanol–water partition coefficient (Wildman–Crippen LogP) is 2.78. The molecule has 4 heteroatoms. The Labute approximate surface area is 99.8 Å². The van der Waals surface area contributed by atoms with E-state index in [4.69, 9.17) is 22.4 Å². The van der Waals surface area contributed by atoms with Gasteiger partial charge >= 0.3 is 0 Å². The van der Waals surface area contributed by atoms with Gasteiger partial charge in [0, 0.05) is 11.8 Å². The van der Waals surface area contributed by atoms with Crippen molar-refractivity contribution < 1.29 is 4.42 Å². The van der Waals surface area contributed by atoms with Gasteiger partial charge in [-0.15, -0.1) is 18.2 Å². The van der Waals surface area contributed by atoms with Crippen LogP contribution in [0.25, 0.3) is 0 Å². The molecule has 0 aromatic carbocycles. The molecule has 1 N–H and O–H groups in total. The van der Waals surface area contributed by atoms with Crippen LogP contribution in [-0.2, 0) is 5.75 Å². The third-order valence-electron chi connectivity index (χ3n) is 1.80. The fraction of sp³-hybridized carbons (Fsp3) is 0.455. The summed E-state index contributed by atoms with van der Waals surface area (Å²) in [6, 6.07) is 3.66. The van der Waals surface area contributed by atoms with Crippen LogP contribution in [0.1, 0.15) is 12.7 Å². The van der Waals surface area contributed by atoms with Crippen LogP contribution in [0.5, 0.6) is 0 Å². The smallest absolute Gasteiger partial charge is 0.193 e. The van der Waals surface area contributed by atoms with Gasteiger partial charge in [-0.2, -0.15) is 0 Å². The minimum Gasteiger partial charge on any atom is -0.449 e. The van der Waals surface area contributed by atoms with E-state index in [-0.39, 0.29) is 0 Å². The van der Waals surface area contributed by atoms with E-state index in [0.29, 0.717) is 17.0 Å². The number of halogens is 1. The molecule has 1 atom stereocenters. The zero-order valence-corrected chi connectivity index (χ0v) is 10.2. The van der Waals surface area contributed by atoms with E-state index in [0.717, 1.165) is 18.1 Å². The maximum atomic E-state index is 5.67. The van der Waals surface area contributed by atoms with Crippen molar-refractivity contribution in [2.24, 2.45) is 0 Å². The SMILES string of the molecule is C#CCNCC(C)SCc1ccc(Cl)o1. The first-order valence-electron chi connectivity index (χ1n) is 4.72. The summed E-state index contributed by atoms with van der Waals surface area (Å²) in [5, 5.41) is 4.11. The molecule has 1 aromatic rings. The van der Waals surface area contributed by atoms with Crippen molar-refractivity contribution >= 4 is 23.4 Å². The molecule has 0 saturated carbocycles. The highest BCUT2D eigenvalue weighted by atomic mass is 35.5. The third kappa shape index (κ3) is 5.17. The largest absolute Gasteiger partial charge is 0.449 e. The summed E-state index contributed by atoms with van der Waals surface area (Å²) >= 11 is 7.48. The van der Waals surface area contributed by atoms with E-state index in [2.05, 4.69) is 18.2 Å². The fourth-order valence-electron chi connectivity index (χ4n) is 1.06. The Balaban J connectivity index is 2.17. The van der Waals surface area contributed by atoms with Gasteiger partial charge in [0.1, 0.15) is 5.76 Å². The molecular formula is C11H14ClNOS. The first kappa shape index (κ1) is 12.5. The van der Waals surface area contributed by atoms with Gasteiger partial charge in [-0.25, -0.2) is 0 Å². The predicted molar refractivity (Wildman–Crippen MR) is 66.2 cm³/mol. The Bertz CT molecular complexity index is 332. The Morgan fingerprint density at radius 1 is 1.67 bits per heavy atom. The minimum absolute atomic E-state index is 0.448. The number of terminal acetylenes is 1. The van der Waals surface area contributed by atoms with Crippen LogP contribution in [0.2, 0.25) is 5.22 Å². The van der Waals surface area contributed by atoms with Crippen molar-refractivity contribution in [2.45, 2.75) is 17.9 Å². The van der Waals surface area contributed by atoms with E-state index < -0.39 is 0 Å². The molecule has 1 heterocycles. The van der Waals surface area contributed by atoms with Gasteiger partial charge in [0.05, 0.1) is 12.3 Å². The average molecular weight is 244 g/mol. The molecular weight excluding hydrogens is 230 g/mol. The van der Waals surface area contributed by atoms with E-state index >= 15 is 0 Å². The molecule has 1 aromatic heterocycles. The lowest BCUT2D eigenvalue weighted by Crippen LogP contribution is -2.22. The lowest BCUT2D eigenvalue weighted by atomic mass is 10.4. The summed E-state index contributed by atoms with van der Waals surface area (Å²) in [7, 11) is 0. The number of thioether (sulfide) groups is 1. The number of rotatable bonds is 6. The lowest BCUT2D eigenvalue weighted by molar-refractivity contribution is 0.532. The molecule has 1 rings (SSSR count). The maximum Gasteiger partial charge on any atom is 0.193 e. The topological polar surface area (TPSA) is 25.2 Å². The van der Waals surface area contributed by atoms with Crippen LogP contribution in [0.4, 0.5) is 0 Å². The Hall–Kier alpha value is -0.560. The van der Waals surface area contributed by atoms with Gasteiger partial charge in [-0.05, 0) is 23.7 Å². The van der Waals surface area contributed by atoms with E-state index in [9.17, 15) is 0 Å². The van der Waals surface area contributed by atoms with Gasteiger partial charge < -0.3 is 9.73 Å². The van der Waals surface area contributed by atoms with E-state index in [1.807, 2.05) is 17.8 Å². The molecule has 0 bridgehead atoms. The zero-order valence-electron chi connectivity index (χ0n) is 8.63. The fourth-order valence-corrected chi connectivity index (χ4v) is 2.06. The molecule has 0 aliphatic rings. The molecule has 0 aliphatic carbocycles. The second-order valence-electron chi connectivity index (χ2n) is 3.16. The highest BCUT2D eigenvalue weighted by Crippen LogP contribution is 2.21. The number of hydrogen-bond acceptors (Lipinski definition) is 3. The van der Waals surface area contributed by atoms with Gasteiger partial charge in [0.2, 0.25) is 0 Å². The molecule has 15 heavy (non-hydrogen) atoms. The maximum absolute atomic E-state index is 5.67. The molecule has 0 aliphatic heterocycles. The number of hydrogen-bond donors (Lipinski definition) is 1. The second kappa shape index (κ2) is 6.84. The van der Waals surface area contributed by atoms with Crippen molar-refractivity contribution in [1.82, 2.24) is 5.32 Å². The monoisotopic (exact) mass is 243 g/mol. The summed E-state index contributed by atoms with van der Waals surface area (Å²) in [6.45, 7) is 3.68. The quantitative estimate of drug-likeness (QED) is 0.615. The van der Waals surface area contributed by atoms with Crippen molar-refractivity contribution in [3.8, 4) is 12.3 Å². The summed E-state index contributed by atoms with van der Waals surface area (Å²) in [5.41, 5.74) is 0. The van der Waals surface area contributed by atoms with Gasteiger partial charge in [-0.1, -0.05) is 12.8 Å². The van der Waals surface area contributed by atoms with E-state index in [1.165, 1.54) is 0 Å². The summed E-state index contributed by atoms with van der Waals surface area (Å²) < 4.78 is 5.25. The van der Waals surface area contributed by atoms with Crippen LogP contribution < -0.4 is 5.32 Å². The molecule has 0 radical (unpaired) electrons. The molecule has 1 unspecified atom stereocenters. The molecule has 0 fully saturated rings. The number of nitrogens with one attached hydrogen (secondary N) is 1. The molecule has 2 nitrogen and oxygen atoms in total. The highest BCUT2D eigenvalue weighted by Gasteiger charge is 2.05. The van der Waals surface area contributed by atoms with Crippen molar-refractivity contribution in [3.63, 3.8) is 0 Å². The van der Waals surface area contributed by atoms with Crippen molar-refractivity contribution in [1.29, 1.82) is 0 Å². The van der Waals surface area contributed by atoms with Crippen LogP contribution >= 0.6 is 23.4 Å². The second-order valence-corrected chi connectivity index (χ2v) is 4.96. The van der Waals surface area contributed by atoms with Crippen molar-refractivity contribution in [2.75, 3.05) is 13.1 Å². The summed E-state index contributed by atoms with van der Waals surface area (Å²) in [6.07, 6.45) is 5.13.